The topological polar surface area (TPSA) is 76.6 Å². The van der Waals surface area contributed by atoms with Gasteiger partial charge in [0.25, 0.3) is 0 Å². The number of hydrogen-bond donors (Lipinski definition) is 1. The molecule has 5 rings (SSSR count). The average Bonchev–Trinajstić information content (AvgIpc) is 2.93. The molecular formula is C31H31FN4O3. The summed E-state index contributed by atoms with van der Waals surface area (Å²) < 4.78 is 24.2. The Morgan fingerprint density at radius 3 is 2.46 bits per heavy atom. The highest BCUT2D eigenvalue weighted by atomic mass is 19.1. The van der Waals surface area contributed by atoms with Gasteiger partial charge in [-0.2, -0.15) is 4.98 Å². The number of rotatable bonds is 7. The number of carbonyl (C=O) groups is 1. The third kappa shape index (κ3) is 5.85. The van der Waals surface area contributed by atoms with Crippen LogP contribution in [0.2, 0.25) is 0 Å². The second-order valence-corrected chi connectivity index (χ2v) is 9.69. The highest BCUT2D eigenvalue weighted by Crippen LogP contribution is 2.36. The van der Waals surface area contributed by atoms with Crippen molar-refractivity contribution in [2.24, 2.45) is 0 Å². The number of methoxy groups -OCH3 is 1. The van der Waals surface area contributed by atoms with E-state index in [-0.39, 0.29) is 24.2 Å². The molecule has 1 aromatic heterocycles. The highest BCUT2D eigenvalue weighted by molar-refractivity contribution is 5.75. The van der Waals surface area contributed by atoms with E-state index < -0.39 is 0 Å². The number of aromatic nitrogens is 2. The maximum atomic E-state index is 13.3. The number of aryl methyl sites for hydroxylation is 1. The molecule has 200 valence electrons. The van der Waals surface area contributed by atoms with Gasteiger partial charge in [0.2, 0.25) is 5.95 Å². The summed E-state index contributed by atoms with van der Waals surface area (Å²) in [6, 6.07) is 19.4. The van der Waals surface area contributed by atoms with Gasteiger partial charge in [-0.1, -0.05) is 18.2 Å². The van der Waals surface area contributed by atoms with Gasteiger partial charge >= 0.3 is 5.97 Å². The van der Waals surface area contributed by atoms with Crippen molar-refractivity contribution in [2.45, 2.75) is 39.7 Å². The van der Waals surface area contributed by atoms with Crippen LogP contribution in [0.1, 0.15) is 40.9 Å². The summed E-state index contributed by atoms with van der Waals surface area (Å²) >= 11 is 0. The molecule has 1 aliphatic rings. The molecule has 0 bridgehead atoms. The Hall–Kier alpha value is -4.46. The minimum atomic E-state index is -0.307. The molecule has 0 fully saturated rings. The molecule has 39 heavy (non-hydrogen) atoms. The third-order valence-corrected chi connectivity index (χ3v) is 7.13. The van der Waals surface area contributed by atoms with Crippen molar-refractivity contribution in [2.75, 3.05) is 23.9 Å². The predicted molar refractivity (Wildman–Crippen MR) is 149 cm³/mol. The SMILES string of the molecule is COc1ccc(CC(=O)Oc2ccc3c(c2)CCN(c2nc(Nc4ccc(F)cc4)nc(C)c2C)C3C)cc1. The van der Waals surface area contributed by atoms with Gasteiger partial charge in [-0.3, -0.25) is 4.79 Å². The van der Waals surface area contributed by atoms with E-state index in [1.807, 2.05) is 56.3 Å². The number of esters is 1. The van der Waals surface area contributed by atoms with E-state index in [9.17, 15) is 9.18 Å². The number of anilines is 3. The molecule has 0 aliphatic carbocycles. The van der Waals surface area contributed by atoms with Crippen LogP contribution in [0.5, 0.6) is 11.5 Å². The Labute approximate surface area is 227 Å². The van der Waals surface area contributed by atoms with Crippen LogP contribution in [-0.2, 0) is 17.6 Å². The van der Waals surface area contributed by atoms with E-state index in [0.717, 1.165) is 52.6 Å². The number of carbonyl (C=O) groups excluding carboxylic acids is 1. The first-order valence-corrected chi connectivity index (χ1v) is 12.9. The smallest absolute Gasteiger partial charge is 0.315 e. The lowest BCUT2D eigenvalue weighted by Gasteiger charge is -2.37. The van der Waals surface area contributed by atoms with Gasteiger partial charge in [-0.25, -0.2) is 9.37 Å². The van der Waals surface area contributed by atoms with E-state index in [1.165, 1.54) is 17.7 Å². The number of ether oxygens (including phenoxy) is 2. The molecule has 3 aromatic carbocycles. The summed E-state index contributed by atoms with van der Waals surface area (Å²) in [5, 5.41) is 3.19. The number of fused-ring (bicyclic) bond motifs is 1. The van der Waals surface area contributed by atoms with E-state index in [1.54, 1.807) is 19.2 Å². The number of nitrogens with one attached hydrogen (secondary N) is 1. The molecule has 1 aliphatic heterocycles. The maximum absolute atomic E-state index is 13.3. The fourth-order valence-corrected chi connectivity index (χ4v) is 4.85. The standard InChI is InChI=1S/C31H31FN4O3/c1-19-20(2)33-31(34-25-9-7-24(32)8-10-25)35-30(19)36-16-15-23-18-27(13-14-28(23)21(36)3)39-29(37)17-22-5-11-26(38-4)12-6-22/h5-14,18,21H,15-17H2,1-4H3,(H,33,34,35). The number of benzene rings is 3. The van der Waals surface area contributed by atoms with Crippen LogP contribution >= 0.6 is 0 Å². The Bertz CT molecular complexity index is 1490. The zero-order chi connectivity index (χ0) is 27.5. The molecule has 2 heterocycles. The van der Waals surface area contributed by atoms with Crippen molar-refractivity contribution >= 4 is 23.4 Å². The summed E-state index contributed by atoms with van der Waals surface area (Å²) in [5.74, 6) is 2.03. The lowest BCUT2D eigenvalue weighted by atomic mass is 9.93. The normalized spacial score (nSPS) is 14.5. The molecule has 1 N–H and O–H groups in total. The summed E-state index contributed by atoms with van der Waals surface area (Å²) in [5.41, 5.74) is 5.80. The van der Waals surface area contributed by atoms with E-state index in [4.69, 9.17) is 14.5 Å². The van der Waals surface area contributed by atoms with E-state index >= 15 is 0 Å². The lowest BCUT2D eigenvalue weighted by molar-refractivity contribution is -0.133. The monoisotopic (exact) mass is 526 g/mol. The molecule has 7 nitrogen and oxygen atoms in total. The van der Waals surface area contributed by atoms with Crippen LogP contribution in [0.4, 0.5) is 21.8 Å². The molecule has 4 aromatic rings. The minimum absolute atomic E-state index is 0.0597. The van der Waals surface area contributed by atoms with Gasteiger partial charge in [-0.05, 0) is 92.4 Å². The highest BCUT2D eigenvalue weighted by Gasteiger charge is 2.27. The van der Waals surface area contributed by atoms with E-state index in [0.29, 0.717) is 11.7 Å². The van der Waals surface area contributed by atoms with Crippen LogP contribution in [0, 0.1) is 19.7 Å². The Balaban J connectivity index is 1.31. The first-order valence-electron chi connectivity index (χ1n) is 12.9. The Morgan fingerprint density at radius 1 is 1.03 bits per heavy atom. The van der Waals surface area contributed by atoms with Gasteiger partial charge in [0.05, 0.1) is 19.6 Å². The van der Waals surface area contributed by atoms with Crippen LogP contribution in [0.25, 0.3) is 0 Å². The van der Waals surface area contributed by atoms with Crippen molar-refractivity contribution < 1.29 is 18.7 Å². The summed E-state index contributed by atoms with van der Waals surface area (Å²) in [4.78, 5) is 24.3. The molecule has 8 heteroatoms. The summed E-state index contributed by atoms with van der Waals surface area (Å²) in [7, 11) is 1.61. The van der Waals surface area contributed by atoms with Crippen molar-refractivity contribution in [3.63, 3.8) is 0 Å². The zero-order valence-electron chi connectivity index (χ0n) is 22.5. The molecule has 0 amide bonds. The van der Waals surface area contributed by atoms with Crippen LogP contribution in [0.15, 0.2) is 66.7 Å². The minimum Gasteiger partial charge on any atom is -0.497 e. The molecular weight excluding hydrogens is 495 g/mol. The largest absolute Gasteiger partial charge is 0.497 e. The van der Waals surface area contributed by atoms with E-state index in [2.05, 4.69) is 22.1 Å². The maximum Gasteiger partial charge on any atom is 0.315 e. The quantitative estimate of drug-likeness (QED) is 0.225. The van der Waals surface area contributed by atoms with Gasteiger partial charge < -0.3 is 19.7 Å². The summed E-state index contributed by atoms with van der Waals surface area (Å²) in [6.07, 6.45) is 0.971. The fraction of sp³-hybridized carbons (Fsp3) is 0.258. The van der Waals surface area contributed by atoms with Gasteiger partial charge in [-0.15, -0.1) is 0 Å². The van der Waals surface area contributed by atoms with Crippen LogP contribution in [0.3, 0.4) is 0 Å². The second kappa shape index (κ2) is 11.1. The molecule has 0 spiro atoms. The molecule has 0 saturated heterocycles. The van der Waals surface area contributed by atoms with Gasteiger partial charge in [0, 0.05) is 23.5 Å². The second-order valence-electron chi connectivity index (χ2n) is 9.69. The van der Waals surface area contributed by atoms with Crippen molar-refractivity contribution in [1.29, 1.82) is 0 Å². The van der Waals surface area contributed by atoms with Crippen molar-refractivity contribution in [3.8, 4) is 11.5 Å². The number of halogens is 1. The van der Waals surface area contributed by atoms with Gasteiger partial charge in [0.15, 0.2) is 0 Å². The van der Waals surface area contributed by atoms with Crippen LogP contribution in [-0.4, -0.2) is 29.6 Å². The Kier molecular flexibility index (Phi) is 7.45. The summed E-state index contributed by atoms with van der Waals surface area (Å²) in [6.45, 7) is 6.90. The first kappa shape index (κ1) is 26.2. The third-order valence-electron chi connectivity index (χ3n) is 7.13. The zero-order valence-corrected chi connectivity index (χ0v) is 22.5. The van der Waals surface area contributed by atoms with Crippen molar-refractivity contribution in [1.82, 2.24) is 9.97 Å². The van der Waals surface area contributed by atoms with Crippen molar-refractivity contribution in [3.05, 3.63) is 100 Å². The van der Waals surface area contributed by atoms with Crippen LogP contribution < -0.4 is 19.7 Å². The van der Waals surface area contributed by atoms with Gasteiger partial charge in [0.1, 0.15) is 23.1 Å². The molecule has 0 saturated carbocycles. The molecule has 1 unspecified atom stereocenters. The Morgan fingerprint density at radius 2 is 1.74 bits per heavy atom. The molecule has 0 radical (unpaired) electrons. The lowest BCUT2D eigenvalue weighted by Crippen LogP contribution is -2.35. The predicted octanol–water partition coefficient (Wildman–Crippen LogP) is 6.26. The number of nitrogens with zero attached hydrogens (tertiary/aromatic N) is 3. The fourth-order valence-electron chi connectivity index (χ4n) is 4.85. The number of hydrogen-bond acceptors (Lipinski definition) is 7. The first-order chi connectivity index (χ1) is 18.8. The molecule has 1 atom stereocenters. The average molecular weight is 527 g/mol.